The van der Waals surface area contributed by atoms with Gasteiger partial charge in [0.15, 0.2) is 0 Å². The molecule has 1 aromatic rings. The minimum Gasteiger partial charge on any atom is -0.207 e. The highest BCUT2D eigenvalue weighted by Crippen LogP contribution is 2.17. The van der Waals surface area contributed by atoms with Gasteiger partial charge in [-0.25, -0.2) is 8.42 Å². The summed E-state index contributed by atoms with van der Waals surface area (Å²) in [5.74, 6) is 4.97. The number of aryl methyl sites for hydroxylation is 1. The maximum Gasteiger partial charge on any atom is 0.243 e. The van der Waals surface area contributed by atoms with E-state index in [4.69, 9.17) is 12.8 Å². The topological polar surface area (TPSA) is 37.4 Å². The Morgan fingerprint density at radius 1 is 1.04 bits per heavy atom. The highest BCUT2D eigenvalue weighted by molar-refractivity contribution is 7.89. The lowest BCUT2D eigenvalue weighted by Gasteiger charge is -2.19. The molecule has 0 heterocycles. The summed E-state index contributed by atoms with van der Waals surface area (Å²) in [7, 11) is -3.62. The summed E-state index contributed by atoms with van der Waals surface area (Å²) in [6.07, 6.45) is 14.1. The largest absolute Gasteiger partial charge is 0.243 e. The monoisotopic (exact) mass is 327 g/mol. The third kappa shape index (κ3) is 5.45. The Bertz CT molecular complexity index is 753. The zero-order chi connectivity index (χ0) is 17.5. The van der Waals surface area contributed by atoms with Crippen molar-refractivity contribution in [2.45, 2.75) is 25.7 Å². The molecule has 0 atom stereocenters. The van der Waals surface area contributed by atoms with E-state index in [-0.39, 0.29) is 18.0 Å². The molecule has 0 N–H and O–H groups in total. The summed E-state index contributed by atoms with van der Waals surface area (Å²) in [5, 5.41) is 0. The molecule has 0 amide bonds. The van der Waals surface area contributed by atoms with Crippen molar-refractivity contribution < 1.29 is 8.42 Å². The zero-order valence-corrected chi connectivity index (χ0v) is 14.5. The molecule has 0 bridgehead atoms. The molecule has 120 valence electrons. The lowest BCUT2D eigenvalue weighted by molar-refractivity contribution is 0.473. The molecule has 0 saturated carbocycles. The van der Waals surface area contributed by atoms with Crippen LogP contribution in [-0.4, -0.2) is 25.8 Å². The second kappa shape index (κ2) is 8.39. The normalized spacial score (nSPS) is 12.8. The fourth-order valence-corrected chi connectivity index (χ4v) is 3.05. The Morgan fingerprint density at radius 3 is 1.87 bits per heavy atom. The maximum absolute atomic E-state index is 12.8. The average Bonchev–Trinajstić information content (AvgIpc) is 2.54. The molecule has 4 heteroatoms. The molecular formula is C19H21NO2S. The number of hydrogen-bond acceptors (Lipinski definition) is 2. The predicted octanol–water partition coefficient (Wildman–Crippen LogP) is 3.14. The molecular weight excluding hydrogens is 306 g/mol. The third-order valence-electron chi connectivity index (χ3n) is 3.32. The molecule has 0 aliphatic carbocycles. The maximum atomic E-state index is 12.8. The van der Waals surface area contributed by atoms with E-state index in [0.29, 0.717) is 11.1 Å². The smallest absolute Gasteiger partial charge is 0.207 e. The van der Waals surface area contributed by atoms with Crippen molar-refractivity contribution in [3.63, 3.8) is 0 Å². The summed E-state index contributed by atoms with van der Waals surface area (Å²) < 4.78 is 27.0. The molecule has 3 nitrogen and oxygen atoms in total. The van der Waals surface area contributed by atoms with E-state index >= 15 is 0 Å². The van der Waals surface area contributed by atoms with Gasteiger partial charge >= 0.3 is 0 Å². The summed E-state index contributed by atoms with van der Waals surface area (Å²) >= 11 is 0. The van der Waals surface area contributed by atoms with E-state index in [1.54, 1.807) is 50.3 Å². The predicted molar refractivity (Wildman–Crippen MR) is 95.1 cm³/mol. The third-order valence-corrected chi connectivity index (χ3v) is 5.16. The van der Waals surface area contributed by atoms with Gasteiger partial charge in [-0.15, -0.1) is 12.8 Å². The minimum atomic E-state index is -3.62. The number of sulfonamides is 1. The first-order valence-corrected chi connectivity index (χ1v) is 8.59. The second-order valence-electron chi connectivity index (χ2n) is 5.20. The van der Waals surface area contributed by atoms with Gasteiger partial charge in [0.1, 0.15) is 0 Å². The summed E-state index contributed by atoms with van der Waals surface area (Å²) in [4.78, 5) is 0.252. The van der Waals surface area contributed by atoms with Crippen LogP contribution in [0.4, 0.5) is 0 Å². The van der Waals surface area contributed by atoms with E-state index in [1.165, 1.54) is 4.31 Å². The van der Waals surface area contributed by atoms with Crippen molar-refractivity contribution in [1.82, 2.24) is 4.31 Å². The fourth-order valence-electron chi connectivity index (χ4n) is 1.73. The van der Waals surface area contributed by atoms with Crippen LogP contribution in [0.15, 0.2) is 52.5 Å². The van der Waals surface area contributed by atoms with Crippen LogP contribution < -0.4 is 0 Å². The highest BCUT2D eigenvalue weighted by Gasteiger charge is 2.22. The second-order valence-corrected chi connectivity index (χ2v) is 7.14. The Morgan fingerprint density at radius 2 is 1.48 bits per heavy atom. The van der Waals surface area contributed by atoms with Crippen LogP contribution in [-0.2, 0) is 10.0 Å². The van der Waals surface area contributed by atoms with Crippen LogP contribution in [0.3, 0.4) is 0 Å². The molecule has 0 fully saturated rings. The standard InChI is InChI=1S/C19H21NO2S/c1-6-16(3)12-14-20(15-13-17(4)7-2)23(21,22)19-10-8-18(5)9-11-19/h1-2,8-13H,14-15H2,3-5H3/b16-12+,17-13+. The van der Waals surface area contributed by atoms with Crippen molar-refractivity contribution >= 4 is 10.0 Å². The van der Waals surface area contributed by atoms with Crippen molar-refractivity contribution in [3.05, 3.63) is 53.1 Å². The van der Waals surface area contributed by atoms with Crippen molar-refractivity contribution in [1.29, 1.82) is 0 Å². The van der Waals surface area contributed by atoms with Crippen molar-refractivity contribution in [2.75, 3.05) is 13.1 Å². The van der Waals surface area contributed by atoms with Gasteiger partial charge < -0.3 is 0 Å². The van der Waals surface area contributed by atoms with Gasteiger partial charge in [0.25, 0.3) is 0 Å². The first-order valence-electron chi connectivity index (χ1n) is 7.15. The summed E-state index contributed by atoms with van der Waals surface area (Å²) in [5.41, 5.74) is 2.38. The van der Waals surface area contributed by atoms with E-state index in [2.05, 4.69) is 11.8 Å². The SMILES string of the molecule is C#C/C(C)=C/CN(C/C=C(\C)C#C)S(=O)(=O)c1ccc(C)cc1. The van der Waals surface area contributed by atoms with E-state index < -0.39 is 10.0 Å². The van der Waals surface area contributed by atoms with Gasteiger partial charge in [-0.1, -0.05) is 41.7 Å². The van der Waals surface area contributed by atoms with Crippen LogP contribution in [0.25, 0.3) is 0 Å². The van der Waals surface area contributed by atoms with Crippen LogP contribution in [0.1, 0.15) is 19.4 Å². The first kappa shape index (κ1) is 18.8. The summed E-state index contributed by atoms with van der Waals surface area (Å²) in [6, 6.07) is 6.76. The van der Waals surface area contributed by atoms with E-state index in [9.17, 15) is 8.42 Å². The number of nitrogens with zero attached hydrogens (tertiary/aromatic N) is 1. The van der Waals surface area contributed by atoms with E-state index in [1.807, 2.05) is 6.92 Å². The Balaban J connectivity index is 3.18. The van der Waals surface area contributed by atoms with Gasteiger partial charge in [0.05, 0.1) is 4.90 Å². The number of terminal acetylenes is 2. The Labute approximate surface area is 139 Å². The molecule has 0 radical (unpaired) electrons. The Hall–Kier alpha value is -2.27. The molecule has 1 aromatic carbocycles. The summed E-state index contributed by atoms with van der Waals surface area (Å²) in [6.45, 7) is 5.83. The number of hydrogen-bond donors (Lipinski definition) is 0. The van der Waals surface area contributed by atoms with Crippen LogP contribution in [0.2, 0.25) is 0 Å². The van der Waals surface area contributed by atoms with Gasteiger partial charge in [-0.2, -0.15) is 4.31 Å². The number of rotatable bonds is 6. The first-order chi connectivity index (χ1) is 10.8. The molecule has 0 aromatic heterocycles. The lowest BCUT2D eigenvalue weighted by Crippen LogP contribution is -2.31. The minimum absolute atomic E-state index is 0.195. The molecule has 23 heavy (non-hydrogen) atoms. The molecule has 0 saturated heterocycles. The molecule has 0 spiro atoms. The van der Waals surface area contributed by atoms with Gasteiger partial charge in [0, 0.05) is 13.1 Å². The van der Waals surface area contributed by atoms with Crippen LogP contribution in [0, 0.1) is 31.6 Å². The van der Waals surface area contributed by atoms with Crippen molar-refractivity contribution in [3.8, 4) is 24.7 Å². The quantitative estimate of drug-likeness (QED) is 0.753. The Kier molecular flexibility index (Phi) is 6.85. The van der Waals surface area contributed by atoms with Crippen molar-refractivity contribution in [2.24, 2.45) is 0 Å². The number of benzene rings is 1. The fraction of sp³-hybridized carbons (Fsp3) is 0.263. The van der Waals surface area contributed by atoms with Gasteiger partial charge in [-0.05, 0) is 44.1 Å². The zero-order valence-electron chi connectivity index (χ0n) is 13.7. The molecule has 1 rings (SSSR count). The highest BCUT2D eigenvalue weighted by atomic mass is 32.2. The molecule has 0 unspecified atom stereocenters. The van der Waals surface area contributed by atoms with E-state index in [0.717, 1.165) is 5.56 Å². The molecule has 0 aliphatic rings. The van der Waals surface area contributed by atoms with Crippen LogP contribution >= 0.6 is 0 Å². The van der Waals surface area contributed by atoms with Gasteiger partial charge in [0.2, 0.25) is 10.0 Å². The van der Waals surface area contributed by atoms with Crippen LogP contribution in [0.5, 0.6) is 0 Å². The average molecular weight is 327 g/mol. The van der Waals surface area contributed by atoms with Gasteiger partial charge in [-0.3, -0.25) is 0 Å². The number of allylic oxidation sites excluding steroid dienone is 2. The molecule has 0 aliphatic heterocycles. The lowest BCUT2D eigenvalue weighted by atomic mass is 10.2.